The van der Waals surface area contributed by atoms with E-state index in [1.165, 1.54) is 5.01 Å². The van der Waals surface area contributed by atoms with Gasteiger partial charge < -0.3 is 15.4 Å². The fraction of sp³-hybridized carbons (Fsp3) is 0.516. The number of aryl methyl sites for hydroxylation is 1. The summed E-state index contributed by atoms with van der Waals surface area (Å²) in [7, 11) is 0. The number of ether oxygens (including phenoxy) is 1. The lowest BCUT2D eigenvalue weighted by molar-refractivity contribution is -0.157. The summed E-state index contributed by atoms with van der Waals surface area (Å²) in [6.45, 7) is 13.0. The van der Waals surface area contributed by atoms with Crippen molar-refractivity contribution in [2.24, 2.45) is 11.3 Å². The molecule has 2 aliphatic rings. The Balaban J connectivity index is 1.73. The summed E-state index contributed by atoms with van der Waals surface area (Å²) in [6, 6.07) is 5.34. The summed E-state index contributed by atoms with van der Waals surface area (Å²) >= 11 is 0. The van der Waals surface area contributed by atoms with E-state index in [1.807, 2.05) is 51.1 Å². The van der Waals surface area contributed by atoms with Crippen molar-refractivity contribution in [3.05, 3.63) is 47.2 Å². The van der Waals surface area contributed by atoms with Crippen molar-refractivity contribution in [1.29, 1.82) is 0 Å². The first kappa shape index (κ1) is 30.2. The fourth-order valence-corrected chi connectivity index (χ4v) is 5.06. The predicted octanol–water partition coefficient (Wildman–Crippen LogP) is 3.34. The maximum absolute atomic E-state index is 13.4. The molecule has 0 saturated carbocycles. The van der Waals surface area contributed by atoms with Crippen LogP contribution in [0.3, 0.4) is 0 Å². The molecular weight excluding hydrogens is 522 g/mol. The van der Waals surface area contributed by atoms with Crippen molar-refractivity contribution in [1.82, 2.24) is 26.1 Å². The molecule has 1 aromatic carbocycles. The monoisotopic (exact) mass is 563 g/mol. The van der Waals surface area contributed by atoms with Crippen molar-refractivity contribution in [2.45, 2.75) is 85.5 Å². The zero-order valence-corrected chi connectivity index (χ0v) is 24.9. The number of carbonyl (C=O) groups excluding carboxylic acids is 4. The van der Waals surface area contributed by atoms with Crippen LogP contribution in [0, 0.1) is 18.3 Å². The van der Waals surface area contributed by atoms with E-state index in [0.29, 0.717) is 25.1 Å². The van der Waals surface area contributed by atoms with Gasteiger partial charge in [-0.1, -0.05) is 38.1 Å². The molecule has 1 fully saturated rings. The Hall–Kier alpha value is -3.79. The van der Waals surface area contributed by atoms with Crippen LogP contribution in [0.5, 0.6) is 0 Å². The standard InChI is InChI=1S/C31H41N5O5/c1-17(2)26-27(37)32-19(4)28(38)36-14-8-9-24(35-36)29(39)41-20(5)23-11-10-22-18(3)15-21(16-25(22)33-23)12-13-31(6,7)30(40)34-26/h10-13,15-17,19-20,24,26,35H,8-9,14H2,1-7H3,(H,32,37)(H,34,40)/b13-12+/t19-,20+,24-,26-/m0/s1. The average molecular weight is 564 g/mol. The molecule has 0 unspecified atom stereocenters. The summed E-state index contributed by atoms with van der Waals surface area (Å²) in [5, 5.41) is 7.97. The van der Waals surface area contributed by atoms with Crippen molar-refractivity contribution in [3.63, 3.8) is 0 Å². The van der Waals surface area contributed by atoms with Gasteiger partial charge >= 0.3 is 5.97 Å². The molecule has 10 heteroatoms. The van der Waals surface area contributed by atoms with Gasteiger partial charge in [0, 0.05) is 11.9 Å². The van der Waals surface area contributed by atoms with E-state index in [2.05, 4.69) is 16.1 Å². The third kappa shape index (κ3) is 6.75. The lowest BCUT2D eigenvalue weighted by Gasteiger charge is -2.35. The van der Waals surface area contributed by atoms with Crippen LogP contribution in [0.15, 0.2) is 30.3 Å². The average Bonchev–Trinajstić information content (AvgIpc) is 2.93. The zero-order valence-electron chi connectivity index (χ0n) is 24.9. The third-order valence-corrected chi connectivity index (χ3v) is 7.75. The normalized spacial score (nSPS) is 26.9. The fourth-order valence-electron chi connectivity index (χ4n) is 5.06. The number of nitrogens with zero attached hydrogens (tertiary/aromatic N) is 2. The Morgan fingerprint density at radius 3 is 2.51 bits per heavy atom. The van der Waals surface area contributed by atoms with E-state index in [1.54, 1.807) is 33.8 Å². The number of nitrogens with one attached hydrogen (secondary N) is 3. The minimum atomic E-state index is -0.929. The van der Waals surface area contributed by atoms with Crippen LogP contribution in [0.25, 0.3) is 17.0 Å². The van der Waals surface area contributed by atoms with E-state index < -0.39 is 41.5 Å². The number of pyridine rings is 1. The first-order valence-electron chi connectivity index (χ1n) is 14.3. The maximum Gasteiger partial charge on any atom is 0.325 e. The number of esters is 1. The summed E-state index contributed by atoms with van der Waals surface area (Å²) in [5.74, 6) is -1.84. The van der Waals surface area contributed by atoms with Gasteiger partial charge in [-0.3, -0.25) is 24.2 Å². The van der Waals surface area contributed by atoms with Crippen LogP contribution in [0.4, 0.5) is 0 Å². The molecule has 2 aromatic rings. The van der Waals surface area contributed by atoms with Crippen molar-refractivity contribution >= 4 is 40.7 Å². The molecule has 3 N–H and O–H groups in total. The van der Waals surface area contributed by atoms with E-state index in [-0.39, 0.29) is 17.7 Å². The minimum absolute atomic E-state index is 0.222. The first-order valence-corrected chi connectivity index (χ1v) is 14.3. The second kappa shape index (κ2) is 12.0. The molecule has 3 heterocycles. The second-order valence-corrected chi connectivity index (χ2v) is 12.0. The second-order valence-electron chi connectivity index (χ2n) is 12.0. The third-order valence-electron chi connectivity index (χ3n) is 7.75. The van der Waals surface area contributed by atoms with E-state index in [9.17, 15) is 19.2 Å². The summed E-state index contributed by atoms with van der Waals surface area (Å²) < 4.78 is 5.78. The molecule has 0 aliphatic carbocycles. The number of aromatic nitrogens is 1. The summed E-state index contributed by atoms with van der Waals surface area (Å²) in [5.41, 5.74) is 5.30. The van der Waals surface area contributed by atoms with Crippen molar-refractivity contribution in [3.8, 4) is 0 Å². The number of fused-ring (bicyclic) bond motifs is 4. The number of amides is 3. The molecule has 0 radical (unpaired) electrons. The molecule has 2 aliphatic heterocycles. The van der Waals surface area contributed by atoms with Gasteiger partial charge in [-0.25, -0.2) is 10.4 Å². The highest BCUT2D eigenvalue weighted by atomic mass is 16.5. The molecule has 1 saturated heterocycles. The quantitative estimate of drug-likeness (QED) is 0.454. The largest absolute Gasteiger partial charge is 0.455 e. The molecule has 4 rings (SSSR count). The van der Waals surface area contributed by atoms with Gasteiger partial charge in [0.2, 0.25) is 11.8 Å². The van der Waals surface area contributed by atoms with Crippen LogP contribution in [-0.2, 0) is 23.9 Å². The molecular formula is C31H41N5O5. The Kier molecular flexibility index (Phi) is 8.82. The van der Waals surface area contributed by atoms with Gasteiger partial charge in [0.15, 0.2) is 0 Å². The zero-order chi connectivity index (χ0) is 30.1. The highest BCUT2D eigenvalue weighted by Gasteiger charge is 2.35. The Morgan fingerprint density at radius 2 is 1.80 bits per heavy atom. The Morgan fingerprint density at radius 1 is 1.07 bits per heavy atom. The molecule has 0 spiro atoms. The van der Waals surface area contributed by atoms with Crippen LogP contribution < -0.4 is 16.1 Å². The lowest BCUT2D eigenvalue weighted by atomic mass is 9.89. The lowest BCUT2D eigenvalue weighted by Crippen LogP contribution is -2.61. The van der Waals surface area contributed by atoms with Crippen molar-refractivity contribution < 1.29 is 23.9 Å². The van der Waals surface area contributed by atoms with Gasteiger partial charge in [0.25, 0.3) is 5.91 Å². The summed E-state index contributed by atoms with van der Waals surface area (Å²) in [4.78, 5) is 57.7. The molecule has 10 nitrogen and oxygen atoms in total. The Bertz CT molecular complexity index is 1380. The molecule has 5 bridgehead atoms. The predicted molar refractivity (Wildman–Crippen MR) is 156 cm³/mol. The van der Waals surface area contributed by atoms with Crippen LogP contribution in [0.1, 0.15) is 77.3 Å². The number of rotatable bonds is 1. The van der Waals surface area contributed by atoms with Gasteiger partial charge in [0.05, 0.1) is 16.6 Å². The molecule has 4 atom stereocenters. The SMILES string of the molecule is Cc1cc2cc3nc(ccc13)[C@@H](C)OC(=O)[C@@H]1CCCN(N1)C(=O)[C@H](C)NC(=O)[C@H](C(C)C)NC(=O)C(C)(C)/C=C/2. The molecule has 41 heavy (non-hydrogen) atoms. The summed E-state index contributed by atoms with van der Waals surface area (Å²) in [6.07, 6.45) is 4.17. The van der Waals surface area contributed by atoms with Crippen LogP contribution in [0.2, 0.25) is 0 Å². The Labute approximate surface area is 241 Å². The number of hydrogen-bond donors (Lipinski definition) is 3. The molecule has 220 valence electrons. The van der Waals surface area contributed by atoms with Gasteiger partial charge in [-0.05, 0) is 76.6 Å². The topological polar surface area (TPSA) is 130 Å². The van der Waals surface area contributed by atoms with E-state index in [4.69, 9.17) is 9.72 Å². The highest BCUT2D eigenvalue weighted by Crippen LogP contribution is 2.26. The first-order chi connectivity index (χ1) is 19.3. The number of carbonyl (C=O) groups is 4. The van der Waals surface area contributed by atoms with Gasteiger partial charge in [0.1, 0.15) is 24.2 Å². The molecule has 1 aromatic heterocycles. The number of benzene rings is 1. The smallest absolute Gasteiger partial charge is 0.325 e. The number of hydrazine groups is 1. The van der Waals surface area contributed by atoms with Gasteiger partial charge in [-0.2, -0.15) is 0 Å². The van der Waals surface area contributed by atoms with Crippen LogP contribution >= 0.6 is 0 Å². The highest BCUT2D eigenvalue weighted by molar-refractivity contribution is 5.94. The molecule has 3 amide bonds. The van der Waals surface area contributed by atoms with Gasteiger partial charge in [-0.15, -0.1) is 0 Å². The number of cyclic esters (lactones) is 1. The van der Waals surface area contributed by atoms with Crippen LogP contribution in [-0.4, -0.2) is 58.4 Å². The number of hydrogen-bond acceptors (Lipinski definition) is 7. The maximum atomic E-state index is 13.4. The van der Waals surface area contributed by atoms with E-state index in [0.717, 1.165) is 22.0 Å². The van der Waals surface area contributed by atoms with E-state index >= 15 is 0 Å². The van der Waals surface area contributed by atoms with Crippen molar-refractivity contribution in [2.75, 3.05) is 6.54 Å². The minimum Gasteiger partial charge on any atom is -0.455 e.